The molecule has 0 unspecified atom stereocenters. The maximum atomic E-state index is 13.3. The molecule has 0 fully saturated rings. The van der Waals surface area contributed by atoms with Crippen LogP contribution >= 0.6 is 0 Å². The Kier molecular flexibility index (Phi) is 4.63. The Morgan fingerprint density at radius 2 is 2.12 bits per heavy atom. The van der Waals surface area contributed by atoms with E-state index in [1.54, 1.807) is 0 Å². The van der Waals surface area contributed by atoms with Crippen molar-refractivity contribution in [2.24, 2.45) is 0 Å². The molecule has 0 atom stereocenters. The molecule has 0 amide bonds. The van der Waals surface area contributed by atoms with E-state index < -0.39 is 11.8 Å². The minimum absolute atomic E-state index is 0.0288. The van der Waals surface area contributed by atoms with Gasteiger partial charge in [-0.1, -0.05) is 0 Å². The summed E-state index contributed by atoms with van der Waals surface area (Å²) in [6.07, 6.45) is 0.431. The summed E-state index contributed by atoms with van der Waals surface area (Å²) < 4.78 is 13.3. The number of carboxylic acids is 1. The van der Waals surface area contributed by atoms with Crippen molar-refractivity contribution < 1.29 is 19.1 Å². The van der Waals surface area contributed by atoms with Crippen molar-refractivity contribution in [3.8, 4) is 0 Å². The molecule has 1 aromatic rings. The van der Waals surface area contributed by atoms with E-state index in [-0.39, 0.29) is 17.9 Å². The molecule has 1 rings (SSSR count). The minimum Gasteiger partial charge on any atom is -0.481 e. The molecule has 0 aliphatic rings. The van der Waals surface area contributed by atoms with Gasteiger partial charge in [-0.3, -0.25) is 9.59 Å². The first-order chi connectivity index (χ1) is 8.00. The number of carbonyl (C=O) groups excluding carboxylic acids is 1. The maximum absolute atomic E-state index is 13.3. The smallest absolute Gasteiger partial charge is 0.303 e. The predicted octanol–water partition coefficient (Wildman–Crippen LogP) is 2.30. The number of hydrogen-bond donors (Lipinski definition) is 2. The number of benzene rings is 1. The molecule has 5 heteroatoms. The minimum atomic E-state index is -0.884. The summed E-state index contributed by atoms with van der Waals surface area (Å²) in [4.78, 5) is 21.4. The van der Waals surface area contributed by atoms with E-state index in [1.807, 2.05) is 0 Å². The largest absolute Gasteiger partial charge is 0.481 e. The predicted molar refractivity (Wildman–Crippen MR) is 61.8 cm³/mol. The van der Waals surface area contributed by atoms with Crippen molar-refractivity contribution in [3.05, 3.63) is 29.6 Å². The summed E-state index contributed by atoms with van der Waals surface area (Å²) in [6, 6.07) is 4.06. The van der Waals surface area contributed by atoms with E-state index in [1.165, 1.54) is 25.1 Å². The first-order valence-corrected chi connectivity index (χ1v) is 5.27. The molecule has 0 aromatic heterocycles. The number of hydrogen-bond acceptors (Lipinski definition) is 3. The number of nitrogens with one attached hydrogen (secondary N) is 1. The topological polar surface area (TPSA) is 66.4 Å². The Morgan fingerprint density at radius 3 is 2.71 bits per heavy atom. The van der Waals surface area contributed by atoms with Crippen LogP contribution in [0.25, 0.3) is 0 Å². The summed E-state index contributed by atoms with van der Waals surface area (Å²) in [5.74, 6) is -1.48. The molecule has 0 heterocycles. The van der Waals surface area contributed by atoms with Crippen LogP contribution in [0, 0.1) is 5.82 Å². The number of rotatable bonds is 6. The summed E-state index contributed by atoms with van der Waals surface area (Å²) in [6.45, 7) is 1.76. The second kappa shape index (κ2) is 5.98. The third-order valence-electron chi connectivity index (χ3n) is 2.26. The van der Waals surface area contributed by atoms with E-state index in [2.05, 4.69) is 5.32 Å². The Hall–Kier alpha value is -1.91. The van der Waals surface area contributed by atoms with Gasteiger partial charge in [0.1, 0.15) is 5.82 Å². The molecule has 17 heavy (non-hydrogen) atoms. The van der Waals surface area contributed by atoms with Gasteiger partial charge in [-0.2, -0.15) is 0 Å². The molecule has 0 aliphatic carbocycles. The van der Waals surface area contributed by atoms with Crippen LogP contribution in [0.4, 0.5) is 10.1 Å². The molecule has 4 nitrogen and oxygen atoms in total. The Morgan fingerprint density at radius 1 is 1.41 bits per heavy atom. The fourth-order valence-electron chi connectivity index (χ4n) is 1.34. The highest BCUT2D eigenvalue weighted by Gasteiger charge is 2.06. The number of anilines is 1. The van der Waals surface area contributed by atoms with Gasteiger partial charge in [0.2, 0.25) is 0 Å². The zero-order valence-corrected chi connectivity index (χ0v) is 9.50. The number of halogens is 1. The Bertz CT molecular complexity index is 432. The van der Waals surface area contributed by atoms with E-state index in [4.69, 9.17) is 5.11 Å². The van der Waals surface area contributed by atoms with Gasteiger partial charge in [-0.05, 0) is 31.5 Å². The second-order valence-corrected chi connectivity index (χ2v) is 3.67. The zero-order chi connectivity index (χ0) is 12.8. The molecule has 0 saturated carbocycles. The van der Waals surface area contributed by atoms with Gasteiger partial charge in [-0.15, -0.1) is 0 Å². The van der Waals surface area contributed by atoms with Crippen molar-refractivity contribution in [2.45, 2.75) is 19.8 Å². The number of carbonyl (C=O) groups is 2. The van der Waals surface area contributed by atoms with Crippen molar-refractivity contribution in [3.63, 3.8) is 0 Å². The Labute approximate surface area is 98.5 Å². The molecule has 0 radical (unpaired) electrons. The quantitative estimate of drug-likeness (QED) is 0.590. The average Bonchev–Trinajstić information content (AvgIpc) is 2.25. The first kappa shape index (κ1) is 13.2. The van der Waals surface area contributed by atoms with Crippen molar-refractivity contribution >= 4 is 17.4 Å². The lowest BCUT2D eigenvalue weighted by Gasteiger charge is -2.07. The number of ketones is 1. The van der Waals surface area contributed by atoms with Gasteiger partial charge in [-0.25, -0.2) is 4.39 Å². The summed E-state index contributed by atoms with van der Waals surface area (Å²) in [5.41, 5.74) is 0.648. The van der Waals surface area contributed by atoms with Crippen LogP contribution in [0.2, 0.25) is 0 Å². The molecule has 1 aromatic carbocycles. The zero-order valence-electron chi connectivity index (χ0n) is 9.50. The second-order valence-electron chi connectivity index (χ2n) is 3.67. The molecular formula is C12H14FNO3. The lowest BCUT2D eigenvalue weighted by atomic mass is 10.1. The summed E-state index contributed by atoms with van der Waals surface area (Å²) in [7, 11) is 0. The van der Waals surface area contributed by atoms with Gasteiger partial charge < -0.3 is 10.4 Å². The fourth-order valence-corrected chi connectivity index (χ4v) is 1.34. The summed E-state index contributed by atoms with van der Waals surface area (Å²) >= 11 is 0. The van der Waals surface area contributed by atoms with Gasteiger partial charge in [0.05, 0.1) is 5.69 Å². The summed E-state index contributed by atoms with van der Waals surface area (Å²) in [5, 5.41) is 11.2. The van der Waals surface area contributed by atoms with Crippen LogP contribution in [-0.4, -0.2) is 23.4 Å². The highest BCUT2D eigenvalue weighted by molar-refractivity contribution is 5.94. The lowest BCUT2D eigenvalue weighted by molar-refractivity contribution is -0.137. The highest BCUT2D eigenvalue weighted by Crippen LogP contribution is 2.16. The third kappa shape index (κ3) is 4.22. The van der Waals surface area contributed by atoms with Crippen molar-refractivity contribution in [1.29, 1.82) is 0 Å². The highest BCUT2D eigenvalue weighted by atomic mass is 19.1. The SMILES string of the molecule is CC(=O)c1ccc(F)c(NCCCC(=O)O)c1. The molecule has 0 aliphatic heterocycles. The van der Waals surface area contributed by atoms with E-state index >= 15 is 0 Å². The monoisotopic (exact) mass is 239 g/mol. The van der Waals surface area contributed by atoms with E-state index in [0.717, 1.165) is 0 Å². The molecule has 92 valence electrons. The van der Waals surface area contributed by atoms with Crippen LogP contribution in [0.15, 0.2) is 18.2 Å². The molecule has 2 N–H and O–H groups in total. The van der Waals surface area contributed by atoms with Crippen LogP contribution < -0.4 is 5.32 Å². The normalized spacial score (nSPS) is 10.0. The molecule has 0 spiro atoms. The van der Waals surface area contributed by atoms with Crippen LogP contribution in [0.5, 0.6) is 0 Å². The molecule has 0 saturated heterocycles. The van der Waals surface area contributed by atoms with E-state index in [9.17, 15) is 14.0 Å². The maximum Gasteiger partial charge on any atom is 0.303 e. The number of Topliss-reactive ketones (excluding diaryl/α,β-unsaturated/α-hetero) is 1. The van der Waals surface area contributed by atoms with Crippen molar-refractivity contribution in [2.75, 3.05) is 11.9 Å². The lowest BCUT2D eigenvalue weighted by Crippen LogP contribution is -2.07. The van der Waals surface area contributed by atoms with Crippen molar-refractivity contribution in [1.82, 2.24) is 0 Å². The standard InChI is InChI=1S/C12H14FNO3/c1-8(15)9-4-5-10(13)11(7-9)14-6-2-3-12(16)17/h4-5,7,14H,2-3,6H2,1H3,(H,16,17). The first-order valence-electron chi connectivity index (χ1n) is 5.27. The van der Waals surface area contributed by atoms with Gasteiger partial charge >= 0.3 is 5.97 Å². The number of carboxylic acid groups (broad SMARTS) is 1. The van der Waals surface area contributed by atoms with Crippen LogP contribution in [0.3, 0.4) is 0 Å². The Balaban J connectivity index is 2.60. The van der Waals surface area contributed by atoms with E-state index in [0.29, 0.717) is 18.5 Å². The molecule has 0 bridgehead atoms. The number of aliphatic carboxylic acids is 1. The molecular weight excluding hydrogens is 225 g/mol. The van der Waals surface area contributed by atoms with Crippen LogP contribution in [-0.2, 0) is 4.79 Å². The average molecular weight is 239 g/mol. The van der Waals surface area contributed by atoms with Gasteiger partial charge in [0.15, 0.2) is 5.78 Å². The fraction of sp³-hybridized carbons (Fsp3) is 0.333. The van der Waals surface area contributed by atoms with Gasteiger partial charge in [0, 0.05) is 18.5 Å². The third-order valence-corrected chi connectivity index (χ3v) is 2.26. The van der Waals surface area contributed by atoms with Gasteiger partial charge in [0.25, 0.3) is 0 Å². The van der Waals surface area contributed by atoms with Crippen LogP contribution in [0.1, 0.15) is 30.1 Å².